The van der Waals surface area contributed by atoms with Gasteiger partial charge in [0.2, 0.25) is 22.7 Å². The second-order valence-corrected chi connectivity index (χ2v) is 8.69. The standard InChI is InChI=1S/C20H20N2O5S/c1-14-3-6-16(22-9-2-10-28(22,24)25)12-17(14)21-20(23)8-5-15-4-7-18-19(11-15)27-13-26-18/h3-8,11-12H,2,9-10,13H2,1H3,(H,21,23)/b8-5+. The third-order valence-corrected chi connectivity index (χ3v) is 6.56. The molecular weight excluding hydrogens is 380 g/mol. The molecule has 2 heterocycles. The van der Waals surface area contributed by atoms with E-state index in [2.05, 4.69) is 5.32 Å². The van der Waals surface area contributed by atoms with E-state index >= 15 is 0 Å². The molecule has 0 spiro atoms. The third-order valence-electron chi connectivity index (χ3n) is 4.69. The number of benzene rings is 2. The van der Waals surface area contributed by atoms with Crippen LogP contribution in [0.4, 0.5) is 11.4 Å². The Morgan fingerprint density at radius 3 is 2.75 bits per heavy atom. The molecule has 1 N–H and O–H groups in total. The van der Waals surface area contributed by atoms with Gasteiger partial charge in [-0.3, -0.25) is 9.10 Å². The first-order valence-corrected chi connectivity index (χ1v) is 10.5. The lowest BCUT2D eigenvalue weighted by Crippen LogP contribution is -2.25. The van der Waals surface area contributed by atoms with Crippen LogP contribution in [0.2, 0.25) is 0 Å². The first kappa shape index (κ1) is 18.4. The Morgan fingerprint density at radius 1 is 1.14 bits per heavy atom. The minimum Gasteiger partial charge on any atom is -0.454 e. The third kappa shape index (κ3) is 3.68. The average molecular weight is 400 g/mol. The summed E-state index contributed by atoms with van der Waals surface area (Å²) in [6.45, 7) is 2.52. The molecule has 1 fully saturated rings. The number of ether oxygens (including phenoxy) is 2. The Kier molecular flexibility index (Phi) is 4.72. The lowest BCUT2D eigenvalue weighted by Gasteiger charge is -2.18. The first-order chi connectivity index (χ1) is 13.4. The van der Waals surface area contributed by atoms with Crippen LogP contribution >= 0.6 is 0 Å². The van der Waals surface area contributed by atoms with E-state index in [1.165, 1.54) is 10.4 Å². The van der Waals surface area contributed by atoms with E-state index in [0.29, 0.717) is 35.8 Å². The maximum atomic E-state index is 12.3. The molecule has 2 aromatic rings. The van der Waals surface area contributed by atoms with Crippen LogP contribution in [0.5, 0.6) is 11.5 Å². The van der Waals surface area contributed by atoms with E-state index in [0.717, 1.165) is 11.1 Å². The Balaban J connectivity index is 1.49. The first-order valence-electron chi connectivity index (χ1n) is 8.92. The summed E-state index contributed by atoms with van der Waals surface area (Å²) in [6, 6.07) is 10.7. The largest absolute Gasteiger partial charge is 0.454 e. The lowest BCUT2D eigenvalue weighted by molar-refractivity contribution is -0.111. The van der Waals surface area contributed by atoms with Crippen LogP contribution in [0.15, 0.2) is 42.5 Å². The number of amides is 1. The molecule has 2 aliphatic heterocycles. The molecule has 28 heavy (non-hydrogen) atoms. The highest BCUT2D eigenvalue weighted by atomic mass is 32.2. The fraction of sp³-hybridized carbons (Fsp3) is 0.250. The van der Waals surface area contributed by atoms with Gasteiger partial charge >= 0.3 is 0 Å². The number of carbonyl (C=O) groups excluding carboxylic acids is 1. The number of hydrogen-bond acceptors (Lipinski definition) is 5. The van der Waals surface area contributed by atoms with Gasteiger partial charge in [-0.2, -0.15) is 0 Å². The van der Waals surface area contributed by atoms with Crippen LogP contribution in [0.1, 0.15) is 17.5 Å². The normalized spacial score (nSPS) is 17.2. The van der Waals surface area contributed by atoms with Crippen molar-refractivity contribution in [1.82, 2.24) is 0 Å². The van der Waals surface area contributed by atoms with Gasteiger partial charge in [0.05, 0.1) is 11.4 Å². The Bertz CT molecular complexity index is 1060. The SMILES string of the molecule is Cc1ccc(N2CCCS2(=O)=O)cc1NC(=O)/C=C/c1ccc2c(c1)OCO2. The summed E-state index contributed by atoms with van der Waals surface area (Å²) in [5.74, 6) is 1.19. The molecule has 1 amide bonds. The second-order valence-electron chi connectivity index (χ2n) is 6.68. The topological polar surface area (TPSA) is 84.9 Å². The molecule has 0 unspecified atom stereocenters. The molecule has 0 saturated carbocycles. The molecule has 0 radical (unpaired) electrons. The molecule has 0 atom stereocenters. The highest BCUT2D eigenvalue weighted by Gasteiger charge is 2.28. The van der Waals surface area contributed by atoms with Gasteiger partial charge in [0, 0.05) is 18.3 Å². The van der Waals surface area contributed by atoms with Gasteiger partial charge in [0.1, 0.15) is 0 Å². The molecule has 0 aromatic heterocycles. The number of anilines is 2. The molecule has 2 aliphatic rings. The van der Waals surface area contributed by atoms with Gasteiger partial charge in [0.25, 0.3) is 0 Å². The van der Waals surface area contributed by atoms with Crippen LogP contribution in [0.25, 0.3) is 6.08 Å². The van der Waals surface area contributed by atoms with Crippen LogP contribution in [-0.4, -0.2) is 33.4 Å². The predicted octanol–water partition coefficient (Wildman–Crippen LogP) is 2.92. The lowest BCUT2D eigenvalue weighted by atomic mass is 10.1. The summed E-state index contributed by atoms with van der Waals surface area (Å²) < 4.78 is 36.2. The van der Waals surface area contributed by atoms with E-state index in [1.807, 2.05) is 13.0 Å². The molecule has 4 rings (SSSR count). The van der Waals surface area contributed by atoms with Crippen molar-refractivity contribution >= 4 is 33.4 Å². The number of sulfonamides is 1. The minimum absolute atomic E-state index is 0.154. The number of hydrogen-bond donors (Lipinski definition) is 1. The fourth-order valence-electron chi connectivity index (χ4n) is 3.19. The van der Waals surface area contributed by atoms with E-state index in [9.17, 15) is 13.2 Å². The van der Waals surface area contributed by atoms with Gasteiger partial charge in [-0.25, -0.2) is 8.42 Å². The van der Waals surface area contributed by atoms with E-state index in [4.69, 9.17) is 9.47 Å². The monoisotopic (exact) mass is 400 g/mol. The van der Waals surface area contributed by atoms with Crippen LogP contribution < -0.4 is 19.1 Å². The predicted molar refractivity (Wildman–Crippen MR) is 107 cm³/mol. The Morgan fingerprint density at radius 2 is 1.96 bits per heavy atom. The average Bonchev–Trinajstić information content (AvgIpc) is 3.27. The van der Waals surface area contributed by atoms with Crippen LogP contribution in [0.3, 0.4) is 0 Å². The molecule has 146 valence electrons. The van der Waals surface area contributed by atoms with Crippen molar-refractivity contribution in [2.24, 2.45) is 0 Å². The fourth-order valence-corrected chi connectivity index (χ4v) is 4.75. The molecular formula is C20H20N2O5S. The van der Waals surface area contributed by atoms with Crippen LogP contribution in [0, 0.1) is 6.92 Å². The Labute approximate surface area is 163 Å². The molecule has 0 bridgehead atoms. The zero-order chi connectivity index (χ0) is 19.7. The number of fused-ring (bicyclic) bond motifs is 1. The van der Waals surface area contributed by atoms with E-state index in [-0.39, 0.29) is 18.5 Å². The summed E-state index contributed by atoms with van der Waals surface area (Å²) in [7, 11) is -3.26. The summed E-state index contributed by atoms with van der Waals surface area (Å²) in [5, 5.41) is 2.82. The van der Waals surface area contributed by atoms with Gasteiger partial charge < -0.3 is 14.8 Å². The molecule has 2 aromatic carbocycles. The highest BCUT2D eigenvalue weighted by molar-refractivity contribution is 7.93. The smallest absolute Gasteiger partial charge is 0.248 e. The van der Waals surface area contributed by atoms with Crippen molar-refractivity contribution in [2.45, 2.75) is 13.3 Å². The zero-order valence-electron chi connectivity index (χ0n) is 15.3. The van der Waals surface area contributed by atoms with Crippen molar-refractivity contribution in [3.63, 3.8) is 0 Å². The molecule has 7 nitrogen and oxygen atoms in total. The number of rotatable bonds is 4. The van der Waals surface area contributed by atoms with Crippen molar-refractivity contribution in [2.75, 3.05) is 28.7 Å². The quantitative estimate of drug-likeness (QED) is 0.798. The van der Waals surface area contributed by atoms with Crippen molar-refractivity contribution < 1.29 is 22.7 Å². The second kappa shape index (κ2) is 7.20. The van der Waals surface area contributed by atoms with Gasteiger partial charge in [-0.05, 0) is 54.8 Å². The highest BCUT2D eigenvalue weighted by Crippen LogP contribution is 2.33. The summed E-state index contributed by atoms with van der Waals surface area (Å²) in [4.78, 5) is 12.3. The summed E-state index contributed by atoms with van der Waals surface area (Å²) in [5.41, 5.74) is 2.82. The molecule has 1 saturated heterocycles. The molecule has 0 aliphatic carbocycles. The molecule has 8 heteroatoms. The maximum absolute atomic E-state index is 12.3. The number of carbonyl (C=O) groups is 1. The zero-order valence-corrected chi connectivity index (χ0v) is 16.2. The van der Waals surface area contributed by atoms with Crippen molar-refractivity contribution in [3.05, 3.63) is 53.6 Å². The van der Waals surface area contributed by atoms with Gasteiger partial charge in [-0.15, -0.1) is 0 Å². The number of nitrogens with one attached hydrogen (secondary N) is 1. The van der Waals surface area contributed by atoms with Crippen molar-refractivity contribution in [3.8, 4) is 11.5 Å². The minimum atomic E-state index is -3.26. The number of nitrogens with zero attached hydrogens (tertiary/aromatic N) is 1. The van der Waals surface area contributed by atoms with E-state index < -0.39 is 10.0 Å². The number of aryl methyl sites for hydroxylation is 1. The van der Waals surface area contributed by atoms with E-state index in [1.54, 1.807) is 36.4 Å². The maximum Gasteiger partial charge on any atom is 0.248 e. The summed E-state index contributed by atoms with van der Waals surface area (Å²) in [6.07, 6.45) is 3.72. The summed E-state index contributed by atoms with van der Waals surface area (Å²) >= 11 is 0. The Hall–Kier alpha value is -3.00. The van der Waals surface area contributed by atoms with Crippen LogP contribution in [-0.2, 0) is 14.8 Å². The van der Waals surface area contributed by atoms with Gasteiger partial charge in [-0.1, -0.05) is 12.1 Å². The van der Waals surface area contributed by atoms with Gasteiger partial charge in [0.15, 0.2) is 11.5 Å². The van der Waals surface area contributed by atoms with Crippen molar-refractivity contribution in [1.29, 1.82) is 0 Å².